The SMILES string of the molecule is c1ccc(C(=C(c2ccccc2)c2ccc(-c3ccc(-c4ccc(C(=C(c5ccccc5)c5ccccc5)c5ccccc5)cc4)cc3)cc2)c2ccccc2)cc1. The minimum absolute atomic E-state index is 1.18. The molecule has 0 spiro atoms. The molecule has 0 unspecified atom stereocenters. The lowest BCUT2D eigenvalue weighted by atomic mass is 9.85. The van der Waals surface area contributed by atoms with Gasteiger partial charge in [-0.2, -0.15) is 0 Å². The Balaban J connectivity index is 1.05. The van der Waals surface area contributed by atoms with Crippen molar-refractivity contribution >= 4 is 22.3 Å². The molecule has 0 heteroatoms. The maximum absolute atomic E-state index is 2.27. The van der Waals surface area contributed by atoms with Crippen molar-refractivity contribution in [3.05, 3.63) is 299 Å². The summed E-state index contributed by atoms with van der Waals surface area (Å²) >= 11 is 0. The fraction of sp³-hybridized carbons (Fsp3) is 0. The van der Waals surface area contributed by atoms with Crippen LogP contribution < -0.4 is 0 Å². The average molecular weight is 739 g/mol. The van der Waals surface area contributed by atoms with Gasteiger partial charge in [0.2, 0.25) is 0 Å². The zero-order chi connectivity index (χ0) is 38.9. The molecule has 0 saturated carbocycles. The molecule has 0 amide bonds. The van der Waals surface area contributed by atoms with E-state index in [-0.39, 0.29) is 0 Å². The Bertz CT molecular complexity index is 2480. The molecule has 0 aliphatic rings. The number of rotatable bonds is 10. The fourth-order valence-corrected chi connectivity index (χ4v) is 7.96. The Kier molecular flexibility index (Phi) is 10.6. The molecule has 0 N–H and O–H groups in total. The van der Waals surface area contributed by atoms with Gasteiger partial charge in [0.1, 0.15) is 0 Å². The van der Waals surface area contributed by atoms with Crippen LogP contribution in [0.5, 0.6) is 0 Å². The predicted octanol–water partition coefficient (Wildman–Crippen LogP) is 15.0. The van der Waals surface area contributed by atoms with Gasteiger partial charge in [-0.05, 0) is 89.1 Å². The zero-order valence-electron chi connectivity index (χ0n) is 32.2. The number of hydrogen-bond acceptors (Lipinski definition) is 0. The third-order valence-corrected chi connectivity index (χ3v) is 10.8. The molecule has 0 aliphatic heterocycles. The van der Waals surface area contributed by atoms with Crippen LogP contribution in [0.3, 0.4) is 0 Å². The van der Waals surface area contributed by atoms with Crippen LogP contribution in [0.1, 0.15) is 44.5 Å². The summed E-state index contributed by atoms with van der Waals surface area (Å²) in [6.07, 6.45) is 0. The molecular weight excluding hydrogens is 697 g/mol. The Labute approximate surface area is 342 Å². The highest BCUT2D eigenvalue weighted by Gasteiger charge is 2.18. The van der Waals surface area contributed by atoms with Crippen LogP contribution in [-0.2, 0) is 0 Å². The van der Waals surface area contributed by atoms with Gasteiger partial charge >= 0.3 is 0 Å². The molecule has 0 atom stereocenters. The molecule has 9 aromatic carbocycles. The summed E-state index contributed by atoms with van der Waals surface area (Å²) in [7, 11) is 0. The summed E-state index contributed by atoms with van der Waals surface area (Å²) in [6.45, 7) is 0. The molecule has 58 heavy (non-hydrogen) atoms. The lowest BCUT2D eigenvalue weighted by Gasteiger charge is -2.18. The average Bonchev–Trinajstić information content (AvgIpc) is 3.32. The first-order valence-corrected chi connectivity index (χ1v) is 19.9. The van der Waals surface area contributed by atoms with Gasteiger partial charge in [-0.1, -0.05) is 255 Å². The molecule has 0 heterocycles. The fourth-order valence-electron chi connectivity index (χ4n) is 7.96. The van der Waals surface area contributed by atoms with Gasteiger partial charge in [0.15, 0.2) is 0 Å². The Morgan fingerprint density at radius 2 is 0.276 bits per heavy atom. The smallest absolute Gasteiger partial charge is 0.00268 e. The first kappa shape index (κ1) is 36.1. The van der Waals surface area contributed by atoms with Gasteiger partial charge in [0.25, 0.3) is 0 Å². The summed E-state index contributed by atoms with van der Waals surface area (Å²) in [5.41, 5.74) is 19.1. The third kappa shape index (κ3) is 7.78. The second-order valence-electron chi connectivity index (χ2n) is 14.4. The summed E-state index contributed by atoms with van der Waals surface area (Å²) < 4.78 is 0. The highest BCUT2D eigenvalue weighted by atomic mass is 14.2. The van der Waals surface area contributed by atoms with Crippen LogP contribution in [0.25, 0.3) is 44.5 Å². The number of benzene rings is 9. The summed E-state index contributed by atoms with van der Waals surface area (Å²) in [4.78, 5) is 0. The number of hydrogen-bond donors (Lipinski definition) is 0. The van der Waals surface area contributed by atoms with Crippen LogP contribution in [0.15, 0.2) is 255 Å². The van der Waals surface area contributed by atoms with Crippen molar-refractivity contribution in [3.8, 4) is 22.3 Å². The topological polar surface area (TPSA) is 0 Å². The summed E-state index contributed by atoms with van der Waals surface area (Å²) in [6, 6.07) is 91.5. The first-order valence-electron chi connectivity index (χ1n) is 19.9. The molecule has 274 valence electrons. The normalized spacial score (nSPS) is 10.8. The van der Waals surface area contributed by atoms with Crippen molar-refractivity contribution in [2.24, 2.45) is 0 Å². The van der Waals surface area contributed by atoms with E-state index in [0.717, 1.165) is 0 Å². The van der Waals surface area contributed by atoms with Gasteiger partial charge in [0, 0.05) is 0 Å². The van der Waals surface area contributed by atoms with E-state index < -0.39 is 0 Å². The molecule has 0 fully saturated rings. The van der Waals surface area contributed by atoms with Gasteiger partial charge in [-0.25, -0.2) is 0 Å². The van der Waals surface area contributed by atoms with Crippen molar-refractivity contribution in [3.63, 3.8) is 0 Å². The van der Waals surface area contributed by atoms with Gasteiger partial charge in [0.05, 0.1) is 0 Å². The lowest BCUT2D eigenvalue weighted by molar-refractivity contribution is 1.49. The van der Waals surface area contributed by atoms with Crippen LogP contribution in [0.2, 0.25) is 0 Å². The molecule has 0 saturated heterocycles. The molecule has 0 bridgehead atoms. The highest BCUT2D eigenvalue weighted by Crippen LogP contribution is 2.39. The van der Waals surface area contributed by atoms with Crippen molar-refractivity contribution < 1.29 is 0 Å². The van der Waals surface area contributed by atoms with E-state index in [1.165, 1.54) is 89.1 Å². The lowest BCUT2D eigenvalue weighted by Crippen LogP contribution is -1.97. The maximum atomic E-state index is 2.27. The third-order valence-electron chi connectivity index (χ3n) is 10.8. The summed E-state index contributed by atoms with van der Waals surface area (Å²) in [5.74, 6) is 0. The zero-order valence-corrected chi connectivity index (χ0v) is 32.2. The van der Waals surface area contributed by atoms with Crippen molar-refractivity contribution in [2.45, 2.75) is 0 Å². The van der Waals surface area contributed by atoms with Gasteiger partial charge < -0.3 is 0 Å². The van der Waals surface area contributed by atoms with Crippen LogP contribution in [0, 0.1) is 0 Å². The molecule has 0 aliphatic carbocycles. The second-order valence-corrected chi connectivity index (χ2v) is 14.4. The Hall–Kier alpha value is -7.54. The molecule has 0 nitrogen and oxygen atoms in total. The van der Waals surface area contributed by atoms with Crippen molar-refractivity contribution in [1.29, 1.82) is 0 Å². The molecule has 0 aromatic heterocycles. The first-order chi connectivity index (χ1) is 28.8. The second kappa shape index (κ2) is 17.1. The summed E-state index contributed by atoms with van der Waals surface area (Å²) in [5, 5.41) is 0. The van der Waals surface area contributed by atoms with E-state index in [2.05, 4.69) is 255 Å². The van der Waals surface area contributed by atoms with Crippen molar-refractivity contribution in [2.75, 3.05) is 0 Å². The molecule has 0 radical (unpaired) electrons. The molecule has 9 rings (SSSR count). The monoisotopic (exact) mass is 738 g/mol. The van der Waals surface area contributed by atoms with E-state index in [1.807, 2.05) is 0 Å². The molecule has 9 aromatic rings. The quantitative estimate of drug-likeness (QED) is 0.123. The highest BCUT2D eigenvalue weighted by molar-refractivity contribution is 6.06. The van der Waals surface area contributed by atoms with E-state index >= 15 is 0 Å². The van der Waals surface area contributed by atoms with Crippen LogP contribution in [-0.4, -0.2) is 0 Å². The van der Waals surface area contributed by atoms with E-state index in [1.54, 1.807) is 0 Å². The minimum atomic E-state index is 1.18. The van der Waals surface area contributed by atoms with E-state index in [0.29, 0.717) is 0 Å². The Morgan fingerprint density at radius 3 is 0.448 bits per heavy atom. The van der Waals surface area contributed by atoms with E-state index in [4.69, 9.17) is 0 Å². The predicted molar refractivity (Wildman–Crippen MR) is 246 cm³/mol. The van der Waals surface area contributed by atoms with Gasteiger partial charge in [-0.15, -0.1) is 0 Å². The molecular formula is C58H42. The van der Waals surface area contributed by atoms with E-state index in [9.17, 15) is 0 Å². The largest absolute Gasteiger partial charge is 0.0622 e. The maximum Gasteiger partial charge on any atom is -0.00268 e. The minimum Gasteiger partial charge on any atom is -0.0622 e. The van der Waals surface area contributed by atoms with Crippen molar-refractivity contribution in [1.82, 2.24) is 0 Å². The van der Waals surface area contributed by atoms with Gasteiger partial charge in [-0.3, -0.25) is 0 Å². The standard InChI is InChI=1S/C58H42/c1-7-19-47(20-8-1)55(48-21-9-2-10-22-48)57(51-27-15-5-16-28-51)53-39-35-45(36-40-53)43-31-33-44(34-32-43)46-37-41-54(42-38-46)58(52-29-17-6-18-30-52)56(49-23-11-3-12-24-49)50-25-13-4-14-26-50/h1-42H. The van der Waals surface area contributed by atoms with Crippen LogP contribution in [0.4, 0.5) is 0 Å². The van der Waals surface area contributed by atoms with Crippen LogP contribution >= 0.6 is 0 Å². The Morgan fingerprint density at radius 1 is 0.138 bits per heavy atom.